The Balaban J connectivity index is 0.000000297. The predicted octanol–water partition coefficient (Wildman–Crippen LogP) is 1.95. The molecule has 0 fully saturated rings. The van der Waals surface area contributed by atoms with Crippen LogP contribution in [0.3, 0.4) is 0 Å². The number of hydrogen-bond acceptors (Lipinski definition) is 5. The lowest BCUT2D eigenvalue weighted by Crippen LogP contribution is -2.05. The lowest BCUT2D eigenvalue weighted by molar-refractivity contribution is -0.742. The highest BCUT2D eigenvalue weighted by molar-refractivity contribution is 5.75. The van der Waals surface area contributed by atoms with E-state index in [1.807, 2.05) is 24.3 Å². The van der Waals surface area contributed by atoms with Crippen LogP contribution in [0.4, 0.5) is 0 Å². The van der Waals surface area contributed by atoms with Crippen molar-refractivity contribution >= 4 is 11.1 Å². The first-order valence-corrected chi connectivity index (χ1v) is 5.20. The zero-order valence-electron chi connectivity index (χ0n) is 9.52. The fourth-order valence-corrected chi connectivity index (χ4v) is 1.57. The number of fused-ring (bicyclic) bond motifs is 2. The summed E-state index contributed by atoms with van der Waals surface area (Å²) >= 11 is 0. The second kappa shape index (κ2) is 5.13. The number of aromatic nitrogens is 1. The van der Waals surface area contributed by atoms with E-state index in [2.05, 4.69) is 4.98 Å². The minimum absolute atomic E-state index is 0.109. The summed E-state index contributed by atoms with van der Waals surface area (Å²) in [5.74, 6) is 0.529. The van der Waals surface area contributed by atoms with Crippen LogP contribution in [0, 0.1) is 10.1 Å². The van der Waals surface area contributed by atoms with Gasteiger partial charge in [0, 0.05) is 0 Å². The Morgan fingerprint density at radius 2 is 1.84 bits per heavy atom. The molecule has 19 heavy (non-hydrogen) atoms. The molecule has 0 amide bonds. The van der Waals surface area contributed by atoms with Gasteiger partial charge in [-0.05, 0) is 24.3 Å². The molecule has 7 heteroatoms. The molecule has 3 rings (SSSR count). The topological polar surface area (TPSA) is 106 Å². The second-order valence-electron chi connectivity index (χ2n) is 3.52. The quantitative estimate of drug-likeness (QED) is 0.376. The van der Waals surface area contributed by atoms with E-state index >= 15 is 0 Å². The van der Waals surface area contributed by atoms with Crippen LogP contribution in [-0.4, -0.2) is 15.3 Å². The molecule has 96 valence electrons. The van der Waals surface area contributed by atoms with Crippen LogP contribution in [0.15, 0.2) is 51.7 Å². The molecule has 1 aliphatic carbocycles. The molecular formula is C12H8N2O5. The minimum atomic E-state index is -1.50. The maximum atomic E-state index is 11.5. The van der Waals surface area contributed by atoms with Crippen molar-refractivity contribution in [2.45, 2.75) is 0 Å². The minimum Gasteiger partial charge on any atom is -0.453 e. The average Bonchev–Trinajstić information content (AvgIpc) is 2.37. The van der Waals surface area contributed by atoms with Crippen molar-refractivity contribution in [1.82, 2.24) is 4.98 Å². The molecule has 0 saturated carbocycles. The number of para-hydroxylation sites is 3. The molecule has 0 atom stereocenters. The Hall–Kier alpha value is -2.96. The molecule has 1 heterocycles. The Morgan fingerprint density at radius 3 is 2.58 bits per heavy atom. The van der Waals surface area contributed by atoms with Crippen molar-refractivity contribution in [3.8, 4) is 11.5 Å². The van der Waals surface area contributed by atoms with Gasteiger partial charge in [-0.3, -0.25) is 4.79 Å². The van der Waals surface area contributed by atoms with Gasteiger partial charge >= 0.3 is 0 Å². The maximum absolute atomic E-state index is 11.5. The SMILES string of the molecule is O=[N+]([O-])O.O=c1cccc2oc3ccccc3nc1-2. The summed E-state index contributed by atoms with van der Waals surface area (Å²) < 4.78 is 5.56. The lowest BCUT2D eigenvalue weighted by atomic mass is 10.2. The average molecular weight is 260 g/mol. The molecule has 0 bridgehead atoms. The van der Waals surface area contributed by atoms with Gasteiger partial charge in [-0.1, -0.05) is 18.2 Å². The highest BCUT2D eigenvalue weighted by atomic mass is 16.9. The van der Waals surface area contributed by atoms with Gasteiger partial charge in [0.05, 0.1) is 0 Å². The molecule has 1 N–H and O–H groups in total. The second-order valence-corrected chi connectivity index (χ2v) is 3.52. The van der Waals surface area contributed by atoms with Crippen LogP contribution in [0.1, 0.15) is 0 Å². The van der Waals surface area contributed by atoms with Crippen LogP contribution in [0.5, 0.6) is 0 Å². The number of benzene rings is 2. The lowest BCUT2D eigenvalue weighted by Gasteiger charge is -2.03. The molecule has 0 spiro atoms. The van der Waals surface area contributed by atoms with Gasteiger partial charge in [0.25, 0.3) is 5.09 Å². The van der Waals surface area contributed by atoms with E-state index in [1.54, 1.807) is 12.1 Å². The first-order valence-electron chi connectivity index (χ1n) is 5.20. The normalized spacial score (nSPS) is 9.89. The molecule has 1 aromatic rings. The van der Waals surface area contributed by atoms with Gasteiger partial charge in [-0.25, -0.2) is 4.98 Å². The van der Waals surface area contributed by atoms with Crippen LogP contribution in [0.2, 0.25) is 0 Å². The van der Waals surface area contributed by atoms with Crippen LogP contribution in [0.25, 0.3) is 22.6 Å². The van der Waals surface area contributed by atoms with Crippen molar-refractivity contribution in [3.63, 3.8) is 0 Å². The maximum Gasteiger partial charge on any atom is 0.291 e. The summed E-state index contributed by atoms with van der Waals surface area (Å²) in [6.45, 7) is 0. The van der Waals surface area contributed by atoms with Crippen molar-refractivity contribution < 1.29 is 14.7 Å². The smallest absolute Gasteiger partial charge is 0.291 e. The third-order valence-electron chi connectivity index (χ3n) is 2.28. The Labute approximate surface area is 106 Å². The highest BCUT2D eigenvalue weighted by Crippen LogP contribution is 2.21. The summed E-state index contributed by atoms with van der Waals surface area (Å²) in [5.41, 5.74) is 1.67. The van der Waals surface area contributed by atoms with Crippen LogP contribution < -0.4 is 5.43 Å². The van der Waals surface area contributed by atoms with Crippen molar-refractivity contribution in [2.75, 3.05) is 0 Å². The third-order valence-corrected chi connectivity index (χ3v) is 2.28. The van der Waals surface area contributed by atoms with Gasteiger partial charge < -0.3 is 9.62 Å². The Bertz CT molecular complexity index is 748. The monoisotopic (exact) mass is 260 g/mol. The number of rotatable bonds is 0. The van der Waals surface area contributed by atoms with Gasteiger partial charge in [-0.15, -0.1) is 10.1 Å². The van der Waals surface area contributed by atoms with Gasteiger partial charge in [0.2, 0.25) is 5.43 Å². The fraction of sp³-hybridized carbons (Fsp3) is 0. The molecule has 0 saturated heterocycles. The molecule has 1 aromatic carbocycles. The summed E-state index contributed by atoms with van der Waals surface area (Å²) in [7, 11) is 0. The van der Waals surface area contributed by atoms with Gasteiger partial charge in [-0.2, -0.15) is 0 Å². The zero-order valence-corrected chi connectivity index (χ0v) is 9.52. The molecule has 1 aliphatic heterocycles. The fourth-order valence-electron chi connectivity index (χ4n) is 1.57. The van der Waals surface area contributed by atoms with Crippen molar-refractivity contribution in [3.05, 3.63) is 62.8 Å². The van der Waals surface area contributed by atoms with Gasteiger partial charge in [0.15, 0.2) is 17.0 Å². The number of hydrogen-bond donors (Lipinski definition) is 1. The molecule has 2 aliphatic rings. The molecule has 0 unspecified atom stereocenters. The van der Waals surface area contributed by atoms with E-state index < -0.39 is 5.09 Å². The number of nitrogens with zero attached hydrogens (tertiary/aromatic N) is 2. The molecular weight excluding hydrogens is 252 g/mol. The van der Waals surface area contributed by atoms with Crippen LogP contribution >= 0.6 is 0 Å². The summed E-state index contributed by atoms with van der Waals surface area (Å²) in [6.07, 6.45) is 0. The van der Waals surface area contributed by atoms with E-state index in [4.69, 9.17) is 19.7 Å². The summed E-state index contributed by atoms with van der Waals surface area (Å²) in [6, 6.07) is 12.3. The third kappa shape index (κ3) is 2.83. The van der Waals surface area contributed by atoms with E-state index in [9.17, 15) is 4.79 Å². The van der Waals surface area contributed by atoms with E-state index in [0.29, 0.717) is 22.6 Å². The van der Waals surface area contributed by atoms with Crippen molar-refractivity contribution in [2.24, 2.45) is 0 Å². The standard InChI is InChI=1S/C12H7NO2.HNO3/c14-9-5-3-7-11-12(9)13-8-4-1-2-6-10(8)15-11;2-1(3)4/h1-7H;(H,2,3,4). The summed E-state index contributed by atoms with van der Waals surface area (Å²) in [4.78, 5) is 24.1. The van der Waals surface area contributed by atoms with E-state index in [0.717, 1.165) is 0 Å². The van der Waals surface area contributed by atoms with Crippen LogP contribution in [-0.2, 0) is 0 Å². The predicted molar refractivity (Wildman–Crippen MR) is 65.7 cm³/mol. The van der Waals surface area contributed by atoms with E-state index in [-0.39, 0.29) is 5.43 Å². The van der Waals surface area contributed by atoms with E-state index in [1.165, 1.54) is 6.07 Å². The first-order chi connectivity index (χ1) is 9.08. The molecule has 0 aromatic heterocycles. The van der Waals surface area contributed by atoms with Crippen molar-refractivity contribution in [1.29, 1.82) is 0 Å². The van der Waals surface area contributed by atoms with Gasteiger partial charge in [0.1, 0.15) is 5.52 Å². The Kier molecular flexibility index (Phi) is 3.37. The Morgan fingerprint density at radius 1 is 1.16 bits per heavy atom. The molecule has 7 nitrogen and oxygen atoms in total. The largest absolute Gasteiger partial charge is 0.453 e. The zero-order chi connectivity index (χ0) is 13.8. The molecule has 0 radical (unpaired) electrons. The first kappa shape index (κ1) is 12.5. The highest BCUT2D eigenvalue weighted by Gasteiger charge is 2.10. The summed E-state index contributed by atoms with van der Waals surface area (Å²) in [5, 5.41) is 13.6.